The minimum absolute atomic E-state index is 0.0196. The van der Waals surface area contributed by atoms with E-state index < -0.39 is 12.1 Å². The highest BCUT2D eigenvalue weighted by Gasteiger charge is 2.32. The number of aliphatic carboxylic acids is 1. The predicted octanol–water partition coefficient (Wildman–Crippen LogP) is 1.30. The Morgan fingerprint density at radius 1 is 1.59 bits per heavy atom. The first kappa shape index (κ1) is 12.0. The average molecular weight is 305 g/mol. The zero-order valence-corrected chi connectivity index (χ0v) is 10.4. The van der Waals surface area contributed by atoms with Gasteiger partial charge in [-0.2, -0.15) is 0 Å². The molecule has 2 rings (SSSR count). The summed E-state index contributed by atoms with van der Waals surface area (Å²) in [6, 6.07) is 1.60. The molecule has 1 aliphatic rings. The van der Waals surface area contributed by atoms with Crippen LogP contribution in [0.4, 0.5) is 0 Å². The molecule has 2 N–H and O–H groups in total. The van der Waals surface area contributed by atoms with Crippen molar-refractivity contribution in [3.8, 4) is 17.2 Å². The standard InChI is InChI=1S/C10H9BrO6/c1-15-8-4(11)2-5-9(17-3-16-5)6(8)7(12)10(13)14/h2,7,12H,3H2,1H3,(H,13,14). The van der Waals surface area contributed by atoms with Gasteiger partial charge in [0.2, 0.25) is 6.79 Å². The number of carbonyl (C=O) groups is 1. The Bertz CT molecular complexity index is 469. The molecule has 1 heterocycles. The van der Waals surface area contributed by atoms with Gasteiger partial charge in [-0.1, -0.05) is 0 Å². The summed E-state index contributed by atoms with van der Waals surface area (Å²) < 4.78 is 15.8. The Kier molecular flexibility index (Phi) is 3.12. The molecule has 1 atom stereocenters. The van der Waals surface area contributed by atoms with E-state index in [0.29, 0.717) is 10.2 Å². The van der Waals surface area contributed by atoms with Crippen LogP contribution in [0.1, 0.15) is 11.7 Å². The number of aliphatic hydroxyl groups is 1. The van der Waals surface area contributed by atoms with E-state index in [4.69, 9.17) is 19.3 Å². The molecule has 0 aromatic heterocycles. The highest BCUT2D eigenvalue weighted by Crippen LogP contribution is 2.48. The van der Waals surface area contributed by atoms with Gasteiger partial charge in [-0.05, 0) is 15.9 Å². The van der Waals surface area contributed by atoms with E-state index in [9.17, 15) is 9.90 Å². The summed E-state index contributed by atoms with van der Waals surface area (Å²) in [7, 11) is 1.38. The molecule has 92 valence electrons. The van der Waals surface area contributed by atoms with Gasteiger partial charge in [0.15, 0.2) is 17.6 Å². The van der Waals surface area contributed by atoms with Crippen LogP contribution in [0.3, 0.4) is 0 Å². The maximum atomic E-state index is 10.9. The van der Waals surface area contributed by atoms with Crippen LogP contribution in [0.25, 0.3) is 0 Å². The van der Waals surface area contributed by atoms with Crippen LogP contribution >= 0.6 is 15.9 Å². The van der Waals surface area contributed by atoms with E-state index in [1.807, 2.05) is 0 Å². The first-order valence-electron chi connectivity index (χ1n) is 4.63. The fraction of sp³-hybridized carbons (Fsp3) is 0.300. The van der Waals surface area contributed by atoms with E-state index in [2.05, 4.69) is 15.9 Å². The lowest BCUT2D eigenvalue weighted by Crippen LogP contribution is -2.13. The van der Waals surface area contributed by atoms with Gasteiger partial charge in [-0.25, -0.2) is 4.79 Å². The molecule has 0 bridgehead atoms. The van der Waals surface area contributed by atoms with Gasteiger partial charge in [0.1, 0.15) is 5.75 Å². The third kappa shape index (κ3) is 1.91. The molecule has 0 saturated carbocycles. The van der Waals surface area contributed by atoms with Gasteiger partial charge in [0.25, 0.3) is 0 Å². The van der Waals surface area contributed by atoms with E-state index in [-0.39, 0.29) is 23.9 Å². The van der Waals surface area contributed by atoms with E-state index >= 15 is 0 Å². The van der Waals surface area contributed by atoms with Crippen molar-refractivity contribution in [2.24, 2.45) is 0 Å². The van der Waals surface area contributed by atoms with Gasteiger partial charge in [0, 0.05) is 6.07 Å². The number of methoxy groups -OCH3 is 1. The van der Waals surface area contributed by atoms with Crippen molar-refractivity contribution < 1.29 is 29.2 Å². The molecule has 0 saturated heterocycles. The second-order valence-electron chi connectivity index (χ2n) is 3.28. The number of fused-ring (bicyclic) bond motifs is 1. The van der Waals surface area contributed by atoms with Crippen LogP contribution < -0.4 is 14.2 Å². The fourth-order valence-electron chi connectivity index (χ4n) is 1.60. The molecule has 0 fully saturated rings. The normalized spacial score (nSPS) is 14.5. The Labute approximate surface area is 105 Å². The number of benzene rings is 1. The van der Waals surface area contributed by atoms with Crippen LogP contribution in [-0.4, -0.2) is 30.1 Å². The third-order valence-electron chi connectivity index (χ3n) is 2.32. The number of hydrogen-bond donors (Lipinski definition) is 2. The highest BCUT2D eigenvalue weighted by atomic mass is 79.9. The Balaban J connectivity index is 2.65. The SMILES string of the molecule is COc1c(Br)cc2c(c1C(O)C(=O)O)OCO2. The molecular formula is C10H9BrO6. The summed E-state index contributed by atoms with van der Waals surface area (Å²) in [5, 5.41) is 18.5. The highest BCUT2D eigenvalue weighted by molar-refractivity contribution is 9.10. The summed E-state index contributed by atoms with van der Waals surface area (Å²) in [5.74, 6) is -0.615. The molecule has 1 unspecified atom stereocenters. The van der Waals surface area contributed by atoms with Crippen LogP contribution in [0, 0.1) is 0 Å². The number of carboxylic acids is 1. The number of aliphatic hydroxyl groups excluding tert-OH is 1. The van der Waals surface area contributed by atoms with Crippen LogP contribution in [-0.2, 0) is 4.79 Å². The number of rotatable bonds is 3. The minimum Gasteiger partial charge on any atom is -0.495 e. The first-order chi connectivity index (χ1) is 8.06. The van der Waals surface area contributed by atoms with Crippen molar-refractivity contribution in [2.75, 3.05) is 13.9 Å². The van der Waals surface area contributed by atoms with Crippen molar-refractivity contribution in [1.82, 2.24) is 0 Å². The summed E-state index contributed by atoms with van der Waals surface area (Å²) in [6.45, 7) is -0.0196. The lowest BCUT2D eigenvalue weighted by molar-refractivity contribution is -0.147. The molecule has 1 aliphatic heterocycles. The van der Waals surface area contributed by atoms with Crippen molar-refractivity contribution in [3.05, 3.63) is 16.1 Å². The summed E-state index contributed by atoms with van der Waals surface area (Å²) in [5.41, 5.74) is 0.0434. The van der Waals surface area contributed by atoms with Crippen molar-refractivity contribution in [2.45, 2.75) is 6.10 Å². The van der Waals surface area contributed by atoms with Gasteiger partial charge in [-0.3, -0.25) is 0 Å². The summed E-state index contributed by atoms with van der Waals surface area (Å²) in [6.07, 6.45) is -1.74. The molecule has 17 heavy (non-hydrogen) atoms. The number of ether oxygens (including phenoxy) is 3. The molecule has 0 amide bonds. The molecule has 0 aliphatic carbocycles. The summed E-state index contributed by atoms with van der Waals surface area (Å²) in [4.78, 5) is 10.9. The van der Waals surface area contributed by atoms with Crippen molar-refractivity contribution in [3.63, 3.8) is 0 Å². The maximum absolute atomic E-state index is 10.9. The first-order valence-corrected chi connectivity index (χ1v) is 5.42. The third-order valence-corrected chi connectivity index (χ3v) is 2.91. The van der Waals surface area contributed by atoms with Crippen molar-refractivity contribution in [1.29, 1.82) is 0 Å². The predicted molar refractivity (Wildman–Crippen MR) is 59.4 cm³/mol. The molecule has 0 radical (unpaired) electrons. The smallest absolute Gasteiger partial charge is 0.337 e. The molecule has 7 heteroatoms. The molecule has 0 spiro atoms. The number of halogens is 1. The maximum Gasteiger partial charge on any atom is 0.337 e. The lowest BCUT2D eigenvalue weighted by atomic mass is 10.1. The minimum atomic E-state index is -1.74. The Morgan fingerprint density at radius 2 is 2.29 bits per heavy atom. The molecule has 1 aromatic rings. The monoisotopic (exact) mass is 304 g/mol. The zero-order valence-electron chi connectivity index (χ0n) is 8.77. The molecular weight excluding hydrogens is 296 g/mol. The number of hydrogen-bond acceptors (Lipinski definition) is 5. The summed E-state index contributed by atoms with van der Waals surface area (Å²) >= 11 is 3.21. The topological polar surface area (TPSA) is 85.2 Å². The fourth-order valence-corrected chi connectivity index (χ4v) is 2.18. The van der Waals surface area contributed by atoms with E-state index in [1.165, 1.54) is 7.11 Å². The van der Waals surface area contributed by atoms with E-state index in [0.717, 1.165) is 0 Å². The zero-order chi connectivity index (χ0) is 12.6. The average Bonchev–Trinajstić information content (AvgIpc) is 2.73. The second-order valence-corrected chi connectivity index (χ2v) is 4.13. The van der Waals surface area contributed by atoms with Crippen LogP contribution in [0.15, 0.2) is 10.5 Å². The molecule has 6 nitrogen and oxygen atoms in total. The van der Waals surface area contributed by atoms with E-state index in [1.54, 1.807) is 6.07 Å². The second kappa shape index (κ2) is 4.42. The van der Waals surface area contributed by atoms with Crippen LogP contribution in [0.5, 0.6) is 17.2 Å². The van der Waals surface area contributed by atoms with Crippen LogP contribution in [0.2, 0.25) is 0 Å². The van der Waals surface area contributed by atoms with Gasteiger partial charge < -0.3 is 24.4 Å². The Hall–Kier alpha value is -1.47. The molecule has 1 aromatic carbocycles. The van der Waals surface area contributed by atoms with Gasteiger partial charge in [-0.15, -0.1) is 0 Å². The Morgan fingerprint density at radius 3 is 2.88 bits per heavy atom. The quantitative estimate of drug-likeness (QED) is 0.875. The van der Waals surface area contributed by atoms with Gasteiger partial charge in [0.05, 0.1) is 17.1 Å². The van der Waals surface area contributed by atoms with Gasteiger partial charge >= 0.3 is 5.97 Å². The van der Waals surface area contributed by atoms with Crippen molar-refractivity contribution >= 4 is 21.9 Å². The lowest BCUT2D eigenvalue weighted by Gasteiger charge is -2.15. The largest absolute Gasteiger partial charge is 0.495 e. The number of carboxylic acid groups (broad SMARTS) is 1.